The minimum Gasteiger partial charge on any atom is -0.351 e. The van der Waals surface area contributed by atoms with E-state index in [4.69, 9.17) is 16.1 Å². The van der Waals surface area contributed by atoms with Gasteiger partial charge in [0.1, 0.15) is 0 Å². The molecule has 1 saturated heterocycles. The SMILES string of the molecule is CC1(C)CC2CC(C)(CN2C(=O)c2cc(Cc3ccccc3Cl)no2)C1. The Balaban J connectivity index is 1.51. The average Bonchev–Trinajstić information content (AvgIpc) is 3.10. The summed E-state index contributed by atoms with van der Waals surface area (Å²) in [4.78, 5) is 15.1. The minimum absolute atomic E-state index is 0.0330. The number of hydrogen-bond acceptors (Lipinski definition) is 3. The standard InChI is InChI=1S/C21H25ClN2O2/c1-20(2)10-16-11-21(3,12-20)13-24(16)19(25)18-9-15(23-26-18)8-14-6-4-5-7-17(14)22/h4-7,9,16H,8,10-13H2,1-3H3. The molecule has 1 aliphatic carbocycles. The van der Waals surface area contributed by atoms with Crippen molar-refractivity contribution < 1.29 is 9.32 Å². The van der Waals surface area contributed by atoms with Gasteiger partial charge in [0.15, 0.2) is 0 Å². The summed E-state index contributed by atoms with van der Waals surface area (Å²) in [5.74, 6) is 0.301. The van der Waals surface area contributed by atoms with Crippen molar-refractivity contribution in [3.05, 3.63) is 52.4 Å². The van der Waals surface area contributed by atoms with E-state index in [1.807, 2.05) is 29.2 Å². The van der Waals surface area contributed by atoms with Gasteiger partial charge in [-0.05, 0) is 41.7 Å². The Morgan fingerprint density at radius 1 is 1.31 bits per heavy atom. The molecule has 0 spiro atoms. The summed E-state index contributed by atoms with van der Waals surface area (Å²) in [6.45, 7) is 7.72. The topological polar surface area (TPSA) is 46.3 Å². The van der Waals surface area contributed by atoms with Crippen LogP contribution in [0.1, 0.15) is 61.8 Å². The summed E-state index contributed by atoms with van der Waals surface area (Å²) >= 11 is 6.22. The lowest BCUT2D eigenvalue weighted by Gasteiger charge is -2.39. The minimum atomic E-state index is -0.0330. The van der Waals surface area contributed by atoms with Gasteiger partial charge in [0.25, 0.3) is 5.91 Å². The van der Waals surface area contributed by atoms with Crippen LogP contribution in [0.3, 0.4) is 0 Å². The van der Waals surface area contributed by atoms with Crippen LogP contribution >= 0.6 is 11.6 Å². The molecule has 1 aromatic carbocycles. The van der Waals surface area contributed by atoms with Crippen molar-refractivity contribution in [1.82, 2.24) is 10.1 Å². The fourth-order valence-electron chi connectivity index (χ4n) is 5.17. The van der Waals surface area contributed by atoms with Crippen LogP contribution in [-0.4, -0.2) is 28.6 Å². The molecular formula is C21H25ClN2O2. The van der Waals surface area contributed by atoms with E-state index in [2.05, 4.69) is 25.9 Å². The molecule has 2 aliphatic rings. The maximum atomic E-state index is 13.0. The third-order valence-corrected chi connectivity index (χ3v) is 6.14. The zero-order valence-electron chi connectivity index (χ0n) is 15.6. The molecule has 4 rings (SSSR count). The van der Waals surface area contributed by atoms with Gasteiger partial charge in [-0.1, -0.05) is 55.7 Å². The van der Waals surface area contributed by atoms with Gasteiger partial charge in [0, 0.05) is 30.1 Å². The van der Waals surface area contributed by atoms with Crippen molar-refractivity contribution in [3.8, 4) is 0 Å². The molecule has 1 aliphatic heterocycles. The molecule has 0 radical (unpaired) electrons. The summed E-state index contributed by atoms with van der Waals surface area (Å²) in [7, 11) is 0. The van der Waals surface area contributed by atoms with Crippen LogP contribution in [0.25, 0.3) is 0 Å². The molecule has 2 bridgehead atoms. The number of halogens is 1. The number of carbonyl (C=O) groups is 1. The second-order valence-electron chi connectivity index (χ2n) is 9.10. The number of benzene rings is 1. The van der Waals surface area contributed by atoms with Crippen molar-refractivity contribution in [2.45, 2.75) is 52.5 Å². The summed E-state index contributed by atoms with van der Waals surface area (Å²) < 4.78 is 5.40. The zero-order chi connectivity index (χ0) is 18.5. The molecule has 2 unspecified atom stereocenters. The van der Waals surface area contributed by atoms with Gasteiger partial charge in [-0.3, -0.25) is 4.79 Å². The summed E-state index contributed by atoms with van der Waals surface area (Å²) in [6.07, 6.45) is 3.86. The predicted molar refractivity (Wildman–Crippen MR) is 101 cm³/mol. The molecule has 1 aromatic heterocycles. The summed E-state index contributed by atoms with van der Waals surface area (Å²) in [5.41, 5.74) is 2.20. The lowest BCUT2D eigenvalue weighted by atomic mass is 9.65. The number of hydrogen-bond donors (Lipinski definition) is 0. The average molecular weight is 373 g/mol. The highest BCUT2D eigenvalue weighted by Crippen LogP contribution is 2.52. The number of amides is 1. The van der Waals surface area contributed by atoms with Gasteiger partial charge in [-0.2, -0.15) is 0 Å². The molecule has 5 heteroatoms. The fraction of sp³-hybridized carbons (Fsp3) is 0.524. The van der Waals surface area contributed by atoms with Crippen LogP contribution in [0.15, 0.2) is 34.9 Å². The normalized spacial score (nSPS) is 26.9. The largest absolute Gasteiger partial charge is 0.351 e. The maximum Gasteiger partial charge on any atom is 0.292 e. The molecule has 26 heavy (non-hydrogen) atoms. The highest BCUT2D eigenvalue weighted by Gasteiger charge is 2.51. The molecule has 0 N–H and O–H groups in total. The molecule has 138 valence electrons. The van der Waals surface area contributed by atoms with Gasteiger partial charge < -0.3 is 9.42 Å². The molecule has 2 heterocycles. The second kappa shape index (κ2) is 6.12. The molecule has 2 atom stereocenters. The monoisotopic (exact) mass is 372 g/mol. The number of aromatic nitrogens is 1. The predicted octanol–water partition coefficient (Wildman–Crippen LogP) is 4.96. The van der Waals surface area contributed by atoms with E-state index >= 15 is 0 Å². The van der Waals surface area contributed by atoms with E-state index in [-0.39, 0.29) is 16.7 Å². The second-order valence-corrected chi connectivity index (χ2v) is 9.50. The van der Waals surface area contributed by atoms with E-state index in [9.17, 15) is 4.79 Å². The Morgan fingerprint density at radius 2 is 2.08 bits per heavy atom. The first-order chi connectivity index (χ1) is 12.2. The Kier molecular flexibility index (Phi) is 4.14. The number of fused-ring (bicyclic) bond motifs is 2. The van der Waals surface area contributed by atoms with Crippen LogP contribution in [0.4, 0.5) is 0 Å². The Labute approximate surface area is 159 Å². The van der Waals surface area contributed by atoms with Crippen molar-refractivity contribution in [3.63, 3.8) is 0 Å². The third kappa shape index (κ3) is 3.27. The van der Waals surface area contributed by atoms with Gasteiger partial charge in [0.2, 0.25) is 5.76 Å². The van der Waals surface area contributed by atoms with Crippen molar-refractivity contribution in [2.75, 3.05) is 6.54 Å². The fourth-order valence-corrected chi connectivity index (χ4v) is 5.37. The smallest absolute Gasteiger partial charge is 0.292 e. The van der Waals surface area contributed by atoms with Crippen LogP contribution in [0, 0.1) is 10.8 Å². The number of rotatable bonds is 3. The third-order valence-electron chi connectivity index (χ3n) is 5.77. The summed E-state index contributed by atoms with van der Waals surface area (Å²) in [6, 6.07) is 9.73. The Morgan fingerprint density at radius 3 is 2.85 bits per heavy atom. The van der Waals surface area contributed by atoms with Crippen LogP contribution in [0.5, 0.6) is 0 Å². The van der Waals surface area contributed by atoms with E-state index < -0.39 is 0 Å². The first-order valence-corrected chi connectivity index (χ1v) is 9.63. The van der Waals surface area contributed by atoms with Crippen LogP contribution < -0.4 is 0 Å². The molecular weight excluding hydrogens is 348 g/mol. The lowest BCUT2D eigenvalue weighted by Crippen LogP contribution is -2.37. The Hall–Kier alpha value is -1.81. The molecule has 2 fully saturated rings. The Bertz CT molecular complexity index is 844. The first-order valence-electron chi connectivity index (χ1n) is 9.25. The molecule has 1 amide bonds. The maximum absolute atomic E-state index is 13.0. The quantitative estimate of drug-likeness (QED) is 0.764. The van der Waals surface area contributed by atoms with Gasteiger partial charge >= 0.3 is 0 Å². The zero-order valence-corrected chi connectivity index (χ0v) is 16.3. The molecule has 4 nitrogen and oxygen atoms in total. The van der Waals surface area contributed by atoms with Crippen molar-refractivity contribution in [2.24, 2.45) is 10.8 Å². The number of likely N-dealkylation sites (tertiary alicyclic amines) is 1. The number of nitrogens with zero attached hydrogens (tertiary/aromatic N) is 2. The first kappa shape index (κ1) is 17.6. The van der Waals surface area contributed by atoms with Crippen molar-refractivity contribution in [1.29, 1.82) is 0 Å². The van der Waals surface area contributed by atoms with E-state index in [1.165, 1.54) is 0 Å². The van der Waals surface area contributed by atoms with Crippen LogP contribution in [0.2, 0.25) is 5.02 Å². The number of carbonyl (C=O) groups excluding carboxylic acids is 1. The lowest BCUT2D eigenvalue weighted by molar-refractivity contribution is 0.0667. The molecule has 2 aromatic rings. The van der Waals surface area contributed by atoms with Crippen molar-refractivity contribution >= 4 is 17.5 Å². The highest BCUT2D eigenvalue weighted by molar-refractivity contribution is 6.31. The summed E-state index contributed by atoms with van der Waals surface area (Å²) in [5, 5.41) is 4.80. The van der Waals surface area contributed by atoms with Gasteiger partial charge in [0.05, 0.1) is 5.69 Å². The van der Waals surface area contributed by atoms with Crippen LogP contribution in [-0.2, 0) is 6.42 Å². The van der Waals surface area contributed by atoms with Gasteiger partial charge in [-0.25, -0.2) is 0 Å². The van der Waals surface area contributed by atoms with E-state index in [0.29, 0.717) is 23.2 Å². The van der Waals surface area contributed by atoms with E-state index in [0.717, 1.165) is 37.1 Å². The van der Waals surface area contributed by atoms with E-state index in [1.54, 1.807) is 6.07 Å². The highest BCUT2D eigenvalue weighted by atomic mass is 35.5. The van der Waals surface area contributed by atoms with Gasteiger partial charge in [-0.15, -0.1) is 0 Å². The molecule has 1 saturated carbocycles.